The van der Waals surface area contributed by atoms with Gasteiger partial charge in [0.1, 0.15) is 5.69 Å². The summed E-state index contributed by atoms with van der Waals surface area (Å²) in [6.45, 7) is 1.45. The summed E-state index contributed by atoms with van der Waals surface area (Å²) in [7, 11) is 0. The summed E-state index contributed by atoms with van der Waals surface area (Å²) in [5, 5.41) is 2.85. The number of nitrogens with one attached hydrogen (secondary N) is 2. The van der Waals surface area contributed by atoms with Gasteiger partial charge in [0.2, 0.25) is 0 Å². The first-order valence-electron chi connectivity index (χ1n) is 6.62. The van der Waals surface area contributed by atoms with Gasteiger partial charge in [-0.25, -0.2) is 4.98 Å². The molecule has 0 radical (unpaired) electrons. The Morgan fingerprint density at radius 2 is 2.37 bits per heavy atom. The minimum atomic E-state index is -0.167. The minimum absolute atomic E-state index is 0.167. The Bertz CT molecular complexity index is 402. The molecule has 6 nitrogen and oxygen atoms in total. The average Bonchev–Trinajstić information content (AvgIpc) is 2.48. The lowest BCUT2D eigenvalue weighted by molar-refractivity contribution is 0.0117. The van der Waals surface area contributed by atoms with Crippen LogP contribution >= 0.6 is 0 Å². The number of hydrogen-bond donors (Lipinski definition) is 3. The monoisotopic (exact) mass is 264 g/mol. The number of hydrogen-bond acceptors (Lipinski definition) is 5. The number of amides is 1. The van der Waals surface area contributed by atoms with Crippen molar-refractivity contribution in [3.05, 3.63) is 24.0 Å². The largest absolute Gasteiger partial charge is 0.378 e. The first-order valence-corrected chi connectivity index (χ1v) is 6.62. The molecule has 19 heavy (non-hydrogen) atoms. The maximum Gasteiger partial charge on any atom is 0.269 e. The van der Waals surface area contributed by atoms with E-state index in [1.54, 1.807) is 12.1 Å². The lowest BCUT2D eigenvalue weighted by Crippen LogP contribution is -2.29. The number of anilines is 1. The van der Waals surface area contributed by atoms with Crippen LogP contribution in [-0.2, 0) is 4.74 Å². The summed E-state index contributed by atoms with van der Waals surface area (Å²) in [5.74, 6) is 5.07. The van der Waals surface area contributed by atoms with Crippen molar-refractivity contribution in [1.29, 1.82) is 0 Å². The quantitative estimate of drug-likeness (QED) is 0.546. The number of aromatic nitrogens is 1. The fraction of sp³-hybridized carbons (Fsp3) is 0.538. The average molecular weight is 264 g/mol. The van der Waals surface area contributed by atoms with E-state index in [2.05, 4.69) is 15.7 Å². The minimum Gasteiger partial charge on any atom is -0.378 e. The molecule has 6 heteroatoms. The van der Waals surface area contributed by atoms with E-state index in [-0.39, 0.29) is 12.0 Å². The highest BCUT2D eigenvalue weighted by Crippen LogP contribution is 2.14. The van der Waals surface area contributed by atoms with Gasteiger partial charge in [-0.1, -0.05) is 0 Å². The van der Waals surface area contributed by atoms with Gasteiger partial charge in [-0.05, 0) is 37.8 Å². The number of rotatable bonds is 5. The number of pyridine rings is 1. The second kappa shape index (κ2) is 7.06. The van der Waals surface area contributed by atoms with Gasteiger partial charge in [0.05, 0.1) is 18.0 Å². The number of nitrogen functional groups attached to an aromatic ring is 1. The van der Waals surface area contributed by atoms with E-state index in [9.17, 15) is 4.79 Å². The van der Waals surface area contributed by atoms with E-state index in [1.807, 2.05) is 0 Å². The molecular formula is C13H20N4O2. The van der Waals surface area contributed by atoms with Gasteiger partial charge in [0, 0.05) is 13.2 Å². The van der Waals surface area contributed by atoms with E-state index in [4.69, 9.17) is 10.6 Å². The van der Waals surface area contributed by atoms with Crippen LogP contribution in [0.3, 0.4) is 0 Å². The van der Waals surface area contributed by atoms with Gasteiger partial charge in [-0.3, -0.25) is 10.6 Å². The molecule has 0 aromatic carbocycles. The third-order valence-corrected chi connectivity index (χ3v) is 3.19. The van der Waals surface area contributed by atoms with Crippen molar-refractivity contribution < 1.29 is 9.53 Å². The zero-order chi connectivity index (χ0) is 13.5. The Labute approximate surface area is 112 Å². The van der Waals surface area contributed by atoms with Gasteiger partial charge >= 0.3 is 0 Å². The number of carbonyl (C=O) groups is 1. The maximum absolute atomic E-state index is 11.8. The van der Waals surface area contributed by atoms with Crippen LogP contribution in [0.5, 0.6) is 0 Å². The van der Waals surface area contributed by atoms with Crippen LogP contribution < -0.4 is 16.6 Å². The van der Waals surface area contributed by atoms with E-state index in [0.29, 0.717) is 17.9 Å². The van der Waals surface area contributed by atoms with Crippen molar-refractivity contribution >= 4 is 11.6 Å². The molecule has 0 saturated carbocycles. The van der Waals surface area contributed by atoms with Crippen molar-refractivity contribution in [2.45, 2.75) is 31.8 Å². The number of ether oxygens (including phenoxy) is 1. The molecule has 1 aliphatic rings. The van der Waals surface area contributed by atoms with Crippen molar-refractivity contribution in [2.75, 3.05) is 18.6 Å². The standard InChI is InChI=1S/C13H20N4O2/c14-17-10-4-5-12(16-9-10)13(18)15-7-6-11-3-1-2-8-19-11/h4-5,9,11,17H,1-3,6-8,14H2,(H,15,18). The molecule has 0 bridgehead atoms. The summed E-state index contributed by atoms with van der Waals surface area (Å²) in [6, 6.07) is 3.35. The lowest BCUT2D eigenvalue weighted by Gasteiger charge is -2.22. The Morgan fingerprint density at radius 1 is 1.47 bits per heavy atom. The van der Waals surface area contributed by atoms with Crippen LogP contribution in [0.2, 0.25) is 0 Å². The first kappa shape index (κ1) is 13.8. The van der Waals surface area contributed by atoms with E-state index in [0.717, 1.165) is 25.9 Å². The fourth-order valence-corrected chi connectivity index (χ4v) is 2.09. The summed E-state index contributed by atoms with van der Waals surface area (Å²) in [5.41, 5.74) is 3.53. The number of nitrogens with two attached hydrogens (primary N) is 1. The van der Waals surface area contributed by atoms with Crippen LogP contribution in [0.4, 0.5) is 5.69 Å². The highest BCUT2D eigenvalue weighted by Gasteiger charge is 2.14. The van der Waals surface area contributed by atoms with Gasteiger partial charge in [-0.15, -0.1) is 0 Å². The molecule has 104 valence electrons. The molecule has 4 N–H and O–H groups in total. The molecule has 1 amide bonds. The van der Waals surface area contributed by atoms with Gasteiger partial charge in [0.15, 0.2) is 0 Å². The summed E-state index contributed by atoms with van der Waals surface area (Å²) >= 11 is 0. The summed E-state index contributed by atoms with van der Waals surface area (Å²) < 4.78 is 5.61. The molecule has 2 rings (SSSR count). The first-order chi connectivity index (χ1) is 9.29. The third kappa shape index (κ3) is 4.18. The fourth-order valence-electron chi connectivity index (χ4n) is 2.09. The lowest BCUT2D eigenvalue weighted by atomic mass is 10.1. The van der Waals surface area contributed by atoms with Gasteiger partial charge in [-0.2, -0.15) is 0 Å². The predicted octanol–water partition coefficient (Wildman–Crippen LogP) is 1.06. The highest BCUT2D eigenvalue weighted by atomic mass is 16.5. The van der Waals surface area contributed by atoms with E-state index in [1.165, 1.54) is 12.6 Å². The Kier molecular flexibility index (Phi) is 5.11. The molecule has 1 unspecified atom stereocenters. The molecular weight excluding hydrogens is 244 g/mol. The van der Waals surface area contributed by atoms with Crippen molar-refractivity contribution in [3.63, 3.8) is 0 Å². The van der Waals surface area contributed by atoms with E-state index < -0.39 is 0 Å². The Balaban J connectivity index is 1.73. The molecule has 1 aliphatic heterocycles. The second-order valence-electron chi connectivity index (χ2n) is 4.61. The molecule has 1 saturated heterocycles. The molecule has 0 spiro atoms. The van der Waals surface area contributed by atoms with Crippen LogP contribution in [0.1, 0.15) is 36.2 Å². The van der Waals surface area contributed by atoms with Crippen molar-refractivity contribution in [3.8, 4) is 0 Å². The zero-order valence-corrected chi connectivity index (χ0v) is 10.9. The van der Waals surface area contributed by atoms with Crippen molar-refractivity contribution in [2.24, 2.45) is 5.84 Å². The number of nitrogens with zero attached hydrogens (tertiary/aromatic N) is 1. The number of hydrazine groups is 1. The van der Waals surface area contributed by atoms with Crippen LogP contribution in [-0.4, -0.2) is 30.1 Å². The molecule has 0 aliphatic carbocycles. The summed E-state index contributed by atoms with van der Waals surface area (Å²) in [4.78, 5) is 15.8. The molecule has 1 aromatic rings. The normalized spacial score (nSPS) is 18.9. The van der Waals surface area contributed by atoms with Crippen molar-refractivity contribution in [1.82, 2.24) is 10.3 Å². The van der Waals surface area contributed by atoms with E-state index >= 15 is 0 Å². The van der Waals surface area contributed by atoms with Crippen LogP contribution in [0.25, 0.3) is 0 Å². The SMILES string of the molecule is NNc1ccc(C(=O)NCCC2CCCCO2)nc1. The molecule has 1 aromatic heterocycles. The predicted molar refractivity (Wildman–Crippen MR) is 72.6 cm³/mol. The summed E-state index contributed by atoms with van der Waals surface area (Å²) in [6.07, 6.45) is 6.12. The molecule has 1 fully saturated rings. The Morgan fingerprint density at radius 3 is 3.00 bits per heavy atom. The highest BCUT2D eigenvalue weighted by molar-refractivity contribution is 5.92. The van der Waals surface area contributed by atoms with Gasteiger partial charge in [0.25, 0.3) is 5.91 Å². The molecule has 2 heterocycles. The van der Waals surface area contributed by atoms with Crippen LogP contribution in [0, 0.1) is 0 Å². The maximum atomic E-state index is 11.8. The van der Waals surface area contributed by atoms with Gasteiger partial charge < -0.3 is 15.5 Å². The topological polar surface area (TPSA) is 89.3 Å². The zero-order valence-electron chi connectivity index (χ0n) is 10.9. The van der Waals surface area contributed by atoms with Crippen LogP contribution in [0.15, 0.2) is 18.3 Å². The Hall–Kier alpha value is -1.66. The third-order valence-electron chi connectivity index (χ3n) is 3.19. The molecule has 1 atom stereocenters. The second-order valence-corrected chi connectivity index (χ2v) is 4.61. The smallest absolute Gasteiger partial charge is 0.269 e. The number of carbonyl (C=O) groups excluding carboxylic acids is 1.